The van der Waals surface area contributed by atoms with Gasteiger partial charge in [0.1, 0.15) is 11.2 Å². The van der Waals surface area contributed by atoms with Gasteiger partial charge in [-0.15, -0.1) is 0 Å². The van der Waals surface area contributed by atoms with Crippen LogP contribution in [0.2, 0.25) is 5.02 Å². The summed E-state index contributed by atoms with van der Waals surface area (Å²) in [4.78, 5) is 12.3. The minimum Gasteiger partial charge on any atom is -0.805 e. The molecule has 3 aromatic rings. The lowest BCUT2D eigenvalue weighted by Crippen LogP contribution is -2.24. The van der Waals surface area contributed by atoms with E-state index in [2.05, 4.69) is 0 Å². The van der Waals surface area contributed by atoms with E-state index in [1.807, 2.05) is 0 Å². The van der Waals surface area contributed by atoms with E-state index in [9.17, 15) is 15.4 Å². The Morgan fingerprint density at radius 3 is 2.48 bits per heavy atom. The van der Waals surface area contributed by atoms with Crippen molar-refractivity contribution in [1.29, 1.82) is 5.26 Å². The summed E-state index contributed by atoms with van der Waals surface area (Å²) in [7, 11) is 0. The summed E-state index contributed by atoms with van der Waals surface area (Å²) in [5.41, 5.74) is 0.591. The standard InChI is InChI=1S/C15H8ClN3O2/c16-11-7-5-10(6-8-11)15-14(9-17)18(20)12-3-1-2-4-13(12)19(15)21/h1-8H. The van der Waals surface area contributed by atoms with Crippen molar-refractivity contribution in [3.05, 3.63) is 69.4 Å². The molecule has 0 N–H and O–H groups in total. The van der Waals surface area contributed by atoms with E-state index in [0.29, 0.717) is 19.7 Å². The van der Waals surface area contributed by atoms with Crippen molar-refractivity contribution >= 4 is 22.6 Å². The first kappa shape index (κ1) is 13.2. The highest BCUT2D eigenvalue weighted by Gasteiger charge is 2.23. The predicted octanol–water partition coefficient (Wildman–Crippen LogP) is 3.09. The molecule has 0 fully saturated rings. The molecule has 0 amide bonds. The second-order valence-electron chi connectivity index (χ2n) is 4.39. The first-order chi connectivity index (χ1) is 10.1. The fourth-order valence-electron chi connectivity index (χ4n) is 2.20. The fourth-order valence-corrected chi connectivity index (χ4v) is 2.33. The van der Waals surface area contributed by atoms with Gasteiger partial charge in [-0.3, -0.25) is 0 Å². The summed E-state index contributed by atoms with van der Waals surface area (Å²) in [6.45, 7) is 0. The number of nitrogens with zero attached hydrogens (tertiary/aromatic N) is 3. The van der Waals surface area contributed by atoms with E-state index < -0.39 is 0 Å². The molecule has 0 aliphatic carbocycles. The first-order valence-electron chi connectivity index (χ1n) is 6.07. The van der Waals surface area contributed by atoms with E-state index in [0.717, 1.165) is 0 Å². The normalized spacial score (nSPS) is 10.5. The van der Waals surface area contributed by atoms with Crippen LogP contribution in [-0.2, 0) is 0 Å². The third kappa shape index (κ3) is 2.02. The molecule has 6 heteroatoms. The number of aromatic nitrogens is 2. The van der Waals surface area contributed by atoms with Crippen LogP contribution in [0.25, 0.3) is 22.3 Å². The largest absolute Gasteiger partial charge is 0.805 e. The van der Waals surface area contributed by atoms with E-state index in [1.165, 1.54) is 12.1 Å². The second kappa shape index (κ2) is 4.93. The zero-order valence-electron chi connectivity index (χ0n) is 10.7. The van der Waals surface area contributed by atoms with Crippen LogP contribution < -0.4 is 4.43 Å². The van der Waals surface area contributed by atoms with Gasteiger partial charge in [0.15, 0.2) is 6.07 Å². The molecule has 0 bridgehead atoms. The molecule has 0 aliphatic heterocycles. The molecule has 102 valence electrons. The van der Waals surface area contributed by atoms with Gasteiger partial charge in [-0.25, -0.2) is 0 Å². The van der Waals surface area contributed by atoms with Crippen LogP contribution in [0.3, 0.4) is 0 Å². The SMILES string of the molecule is N#Cc1c(-c2ccc(Cl)cc2)n([O-])c2ccccc2[n+]1=O. The van der Waals surface area contributed by atoms with Gasteiger partial charge >= 0.3 is 5.69 Å². The number of hydrogen-bond donors (Lipinski definition) is 0. The van der Waals surface area contributed by atoms with Crippen LogP contribution in [0.15, 0.2) is 48.5 Å². The van der Waals surface area contributed by atoms with Crippen molar-refractivity contribution in [3.8, 4) is 17.3 Å². The summed E-state index contributed by atoms with van der Waals surface area (Å²) >= 11 is 5.82. The molecule has 0 saturated carbocycles. The highest BCUT2D eigenvalue weighted by Crippen LogP contribution is 2.25. The maximum absolute atomic E-state index is 12.5. The molecule has 3 rings (SSSR count). The van der Waals surface area contributed by atoms with Crippen LogP contribution in [-0.4, -0.2) is 4.73 Å². The van der Waals surface area contributed by atoms with E-state index in [1.54, 1.807) is 42.5 Å². The van der Waals surface area contributed by atoms with Gasteiger partial charge in [0.2, 0.25) is 0 Å². The molecule has 0 saturated heterocycles. The minimum absolute atomic E-state index is 0.0165. The molecule has 0 aliphatic rings. The van der Waals surface area contributed by atoms with Gasteiger partial charge in [0.25, 0.3) is 5.52 Å². The van der Waals surface area contributed by atoms with Crippen molar-refractivity contribution in [2.75, 3.05) is 0 Å². The van der Waals surface area contributed by atoms with Gasteiger partial charge in [0, 0.05) is 21.6 Å². The maximum Gasteiger partial charge on any atom is 0.363 e. The topological polar surface area (TPSA) is 74.8 Å². The van der Waals surface area contributed by atoms with Crippen LogP contribution in [0.5, 0.6) is 0 Å². The lowest BCUT2D eigenvalue weighted by Gasteiger charge is -2.17. The quantitative estimate of drug-likeness (QED) is 0.648. The molecule has 0 atom stereocenters. The fraction of sp³-hybridized carbons (Fsp3) is 0. The lowest BCUT2D eigenvalue weighted by atomic mass is 10.1. The van der Waals surface area contributed by atoms with Gasteiger partial charge in [-0.1, -0.05) is 35.9 Å². The van der Waals surface area contributed by atoms with Gasteiger partial charge in [-0.2, -0.15) is 5.26 Å². The molecule has 5 nitrogen and oxygen atoms in total. The summed E-state index contributed by atoms with van der Waals surface area (Å²) < 4.78 is 1.08. The van der Waals surface area contributed by atoms with Crippen LogP contribution in [0.4, 0.5) is 0 Å². The third-order valence-corrected chi connectivity index (χ3v) is 3.43. The molecule has 2 aromatic carbocycles. The third-order valence-electron chi connectivity index (χ3n) is 3.17. The lowest BCUT2D eigenvalue weighted by molar-refractivity contribution is -0.467. The summed E-state index contributed by atoms with van der Waals surface area (Å²) in [5.74, 6) is 0. The monoisotopic (exact) mass is 297 g/mol. The Balaban J connectivity index is 2.47. The number of para-hydroxylation sites is 2. The summed E-state index contributed by atoms with van der Waals surface area (Å²) in [6.07, 6.45) is 0. The number of rotatable bonds is 1. The zero-order valence-corrected chi connectivity index (χ0v) is 11.4. The zero-order chi connectivity index (χ0) is 15.0. The van der Waals surface area contributed by atoms with Crippen LogP contribution in [0.1, 0.15) is 5.69 Å². The molecule has 21 heavy (non-hydrogen) atoms. The molecule has 0 radical (unpaired) electrons. The highest BCUT2D eigenvalue weighted by atomic mass is 35.5. The van der Waals surface area contributed by atoms with Crippen LogP contribution in [0, 0.1) is 21.4 Å². The van der Waals surface area contributed by atoms with Gasteiger partial charge in [0.05, 0.1) is 4.43 Å². The molecular formula is C15H8ClN3O2. The van der Waals surface area contributed by atoms with E-state index in [-0.39, 0.29) is 22.4 Å². The Morgan fingerprint density at radius 2 is 1.81 bits per heavy atom. The summed E-state index contributed by atoms with van der Waals surface area (Å²) in [5, 5.41) is 22.3. The average Bonchev–Trinajstić information content (AvgIpc) is 2.52. The Labute approximate surface area is 124 Å². The Morgan fingerprint density at radius 1 is 1.14 bits per heavy atom. The number of fused-ring (bicyclic) bond motifs is 1. The number of hydrogen-bond acceptors (Lipinski definition) is 3. The second-order valence-corrected chi connectivity index (χ2v) is 4.83. The maximum atomic E-state index is 12.5. The molecule has 1 heterocycles. The summed E-state index contributed by atoms with van der Waals surface area (Å²) in [6, 6.07) is 14.5. The molecule has 0 unspecified atom stereocenters. The molecule has 0 spiro atoms. The molecular weight excluding hydrogens is 290 g/mol. The van der Waals surface area contributed by atoms with Crippen molar-refractivity contribution in [2.24, 2.45) is 0 Å². The smallest absolute Gasteiger partial charge is 0.363 e. The number of benzene rings is 2. The van der Waals surface area contributed by atoms with Gasteiger partial charge < -0.3 is 9.94 Å². The Bertz CT molecular complexity index is 940. The van der Waals surface area contributed by atoms with Crippen molar-refractivity contribution < 1.29 is 4.43 Å². The van der Waals surface area contributed by atoms with Crippen molar-refractivity contribution in [1.82, 2.24) is 4.73 Å². The Kier molecular flexibility index (Phi) is 3.09. The first-order valence-corrected chi connectivity index (χ1v) is 6.45. The minimum atomic E-state index is -0.244. The van der Waals surface area contributed by atoms with Crippen molar-refractivity contribution in [2.45, 2.75) is 0 Å². The Hall–Kier alpha value is -2.84. The van der Waals surface area contributed by atoms with Crippen LogP contribution >= 0.6 is 11.6 Å². The van der Waals surface area contributed by atoms with E-state index >= 15 is 0 Å². The average molecular weight is 298 g/mol. The number of nitriles is 1. The van der Waals surface area contributed by atoms with Crippen molar-refractivity contribution in [3.63, 3.8) is 0 Å². The highest BCUT2D eigenvalue weighted by molar-refractivity contribution is 6.30. The number of halogens is 1. The van der Waals surface area contributed by atoms with E-state index in [4.69, 9.17) is 11.6 Å². The van der Waals surface area contributed by atoms with Gasteiger partial charge in [-0.05, 0) is 18.2 Å². The predicted molar refractivity (Wildman–Crippen MR) is 79.2 cm³/mol. The molecule has 1 aromatic heterocycles.